The molecule has 1 aromatic carbocycles. The van der Waals surface area contributed by atoms with Gasteiger partial charge in [0, 0.05) is 12.6 Å². The van der Waals surface area contributed by atoms with Crippen molar-refractivity contribution in [3.05, 3.63) is 29.6 Å². The Hall–Kier alpha value is -1.22. The molecule has 0 saturated carbocycles. The van der Waals surface area contributed by atoms with E-state index in [-0.39, 0.29) is 25.0 Å². The van der Waals surface area contributed by atoms with Gasteiger partial charge in [-0.05, 0) is 31.5 Å². The Morgan fingerprint density at radius 3 is 2.82 bits per heavy atom. The SMILES string of the molecule is COC(=O)c1c(F)cccc1S(=O)(=O)NCC1CCCN1.Cl. The number of sulfonamides is 1. The third-order valence-electron chi connectivity index (χ3n) is 3.34. The van der Waals surface area contributed by atoms with E-state index < -0.39 is 32.3 Å². The molecule has 0 radical (unpaired) electrons. The van der Waals surface area contributed by atoms with Crippen LogP contribution < -0.4 is 10.0 Å². The third-order valence-corrected chi connectivity index (χ3v) is 4.80. The molecule has 2 rings (SSSR count). The summed E-state index contributed by atoms with van der Waals surface area (Å²) >= 11 is 0. The number of methoxy groups -OCH3 is 1. The van der Waals surface area contributed by atoms with Gasteiger partial charge in [-0.1, -0.05) is 6.07 Å². The molecule has 1 aliphatic rings. The first-order valence-electron chi connectivity index (χ1n) is 6.55. The number of hydrogen-bond acceptors (Lipinski definition) is 5. The van der Waals surface area contributed by atoms with E-state index in [1.54, 1.807) is 0 Å². The zero-order valence-corrected chi connectivity index (χ0v) is 13.6. The van der Waals surface area contributed by atoms with Gasteiger partial charge in [0.25, 0.3) is 0 Å². The maximum atomic E-state index is 13.8. The summed E-state index contributed by atoms with van der Waals surface area (Å²) in [6, 6.07) is 3.49. The zero-order valence-electron chi connectivity index (χ0n) is 12.0. The predicted octanol–water partition coefficient (Wildman–Crippen LogP) is 1.06. The topological polar surface area (TPSA) is 84.5 Å². The van der Waals surface area contributed by atoms with Crippen LogP contribution in [0, 0.1) is 5.82 Å². The molecular weight excluding hydrogens is 335 g/mol. The summed E-state index contributed by atoms with van der Waals surface area (Å²) in [6.45, 7) is 1.04. The summed E-state index contributed by atoms with van der Waals surface area (Å²) in [5.74, 6) is -1.95. The summed E-state index contributed by atoms with van der Waals surface area (Å²) in [6.07, 6.45) is 1.86. The molecule has 1 unspecified atom stereocenters. The number of hydrogen-bond donors (Lipinski definition) is 2. The molecule has 1 aromatic rings. The lowest BCUT2D eigenvalue weighted by Crippen LogP contribution is -2.37. The number of carbonyl (C=O) groups excluding carboxylic acids is 1. The molecule has 1 heterocycles. The standard InChI is InChI=1S/C13H17FN2O4S.ClH/c1-20-13(17)12-10(14)5-2-6-11(12)21(18,19)16-8-9-4-3-7-15-9;/h2,5-6,9,15-16H,3-4,7-8H2,1H3;1H. The van der Waals surface area contributed by atoms with Gasteiger partial charge in [0.15, 0.2) is 0 Å². The fraction of sp³-hybridized carbons (Fsp3) is 0.462. The number of ether oxygens (including phenoxy) is 1. The predicted molar refractivity (Wildman–Crippen MR) is 81.2 cm³/mol. The molecule has 124 valence electrons. The lowest BCUT2D eigenvalue weighted by atomic mass is 10.2. The fourth-order valence-corrected chi connectivity index (χ4v) is 3.53. The largest absolute Gasteiger partial charge is 0.465 e. The van der Waals surface area contributed by atoms with Crippen molar-refractivity contribution in [2.75, 3.05) is 20.2 Å². The van der Waals surface area contributed by atoms with E-state index in [0.717, 1.165) is 32.6 Å². The van der Waals surface area contributed by atoms with Crippen molar-refractivity contribution in [2.45, 2.75) is 23.8 Å². The van der Waals surface area contributed by atoms with Crippen molar-refractivity contribution in [3.63, 3.8) is 0 Å². The molecule has 0 amide bonds. The van der Waals surface area contributed by atoms with Crippen LogP contribution in [0.15, 0.2) is 23.1 Å². The summed E-state index contributed by atoms with van der Waals surface area (Å²) in [4.78, 5) is 11.2. The number of esters is 1. The Morgan fingerprint density at radius 2 is 2.23 bits per heavy atom. The normalized spacial score (nSPS) is 17.8. The van der Waals surface area contributed by atoms with Gasteiger partial charge >= 0.3 is 5.97 Å². The highest BCUT2D eigenvalue weighted by atomic mass is 35.5. The van der Waals surface area contributed by atoms with Crippen LogP contribution in [0.25, 0.3) is 0 Å². The first-order valence-corrected chi connectivity index (χ1v) is 8.04. The Bertz CT molecular complexity index is 633. The number of carbonyl (C=O) groups is 1. The van der Waals surface area contributed by atoms with Crippen molar-refractivity contribution in [1.82, 2.24) is 10.0 Å². The number of rotatable bonds is 5. The van der Waals surface area contributed by atoms with Crippen LogP contribution in [0.4, 0.5) is 4.39 Å². The highest BCUT2D eigenvalue weighted by molar-refractivity contribution is 7.89. The molecule has 0 spiro atoms. The minimum atomic E-state index is -3.99. The molecule has 1 fully saturated rings. The molecule has 22 heavy (non-hydrogen) atoms. The van der Waals surface area contributed by atoms with Crippen molar-refractivity contribution >= 4 is 28.4 Å². The molecule has 0 bridgehead atoms. The van der Waals surface area contributed by atoms with E-state index in [2.05, 4.69) is 14.8 Å². The second-order valence-electron chi connectivity index (χ2n) is 4.75. The highest BCUT2D eigenvalue weighted by Gasteiger charge is 2.27. The van der Waals surface area contributed by atoms with Gasteiger partial charge < -0.3 is 10.1 Å². The Balaban J connectivity index is 0.00000242. The fourth-order valence-electron chi connectivity index (χ4n) is 2.25. The molecular formula is C13H18ClFN2O4S. The van der Waals surface area contributed by atoms with Gasteiger partial charge in [0.05, 0.1) is 12.0 Å². The summed E-state index contributed by atoms with van der Waals surface area (Å²) in [5.41, 5.74) is -0.577. The van der Waals surface area contributed by atoms with E-state index in [1.165, 1.54) is 12.1 Å². The van der Waals surface area contributed by atoms with Crippen LogP contribution >= 0.6 is 12.4 Å². The van der Waals surface area contributed by atoms with E-state index in [0.29, 0.717) is 0 Å². The van der Waals surface area contributed by atoms with Crippen LogP contribution in [0.1, 0.15) is 23.2 Å². The zero-order chi connectivity index (χ0) is 15.5. The smallest absolute Gasteiger partial charge is 0.342 e. The molecule has 0 aromatic heterocycles. The van der Waals surface area contributed by atoms with E-state index >= 15 is 0 Å². The number of halogens is 2. The first-order chi connectivity index (χ1) is 9.95. The Kier molecular flexibility index (Phi) is 6.73. The van der Waals surface area contributed by atoms with Crippen molar-refractivity contribution < 1.29 is 22.3 Å². The average Bonchev–Trinajstić information content (AvgIpc) is 2.97. The molecule has 0 aliphatic carbocycles. The molecule has 2 N–H and O–H groups in total. The summed E-state index contributed by atoms with van der Waals surface area (Å²) < 4.78 is 45.1. The maximum Gasteiger partial charge on any atom is 0.342 e. The van der Waals surface area contributed by atoms with Crippen molar-refractivity contribution in [1.29, 1.82) is 0 Å². The lowest BCUT2D eigenvalue weighted by Gasteiger charge is -2.14. The molecule has 9 heteroatoms. The van der Waals surface area contributed by atoms with E-state index in [4.69, 9.17) is 0 Å². The average molecular weight is 353 g/mol. The van der Waals surface area contributed by atoms with Crippen LogP contribution in [0.2, 0.25) is 0 Å². The molecule has 1 aliphatic heterocycles. The highest BCUT2D eigenvalue weighted by Crippen LogP contribution is 2.20. The molecule has 6 nitrogen and oxygen atoms in total. The molecule has 1 atom stereocenters. The number of nitrogens with one attached hydrogen (secondary N) is 2. The summed E-state index contributed by atoms with van der Waals surface area (Å²) in [7, 11) is -2.92. The minimum Gasteiger partial charge on any atom is -0.465 e. The van der Waals surface area contributed by atoms with Crippen LogP contribution in [0.3, 0.4) is 0 Å². The molecule has 1 saturated heterocycles. The monoisotopic (exact) mass is 352 g/mol. The van der Waals surface area contributed by atoms with Gasteiger partial charge in [-0.15, -0.1) is 12.4 Å². The Morgan fingerprint density at radius 1 is 1.50 bits per heavy atom. The second-order valence-corrected chi connectivity index (χ2v) is 6.49. The maximum absolute atomic E-state index is 13.8. The van der Waals surface area contributed by atoms with E-state index in [1.807, 2.05) is 0 Å². The van der Waals surface area contributed by atoms with Gasteiger partial charge in [-0.3, -0.25) is 0 Å². The van der Waals surface area contributed by atoms with Gasteiger partial charge in [0.2, 0.25) is 10.0 Å². The van der Waals surface area contributed by atoms with E-state index in [9.17, 15) is 17.6 Å². The third kappa shape index (κ3) is 4.16. The first kappa shape index (κ1) is 18.8. The van der Waals surface area contributed by atoms with Gasteiger partial charge in [-0.25, -0.2) is 22.3 Å². The van der Waals surface area contributed by atoms with Gasteiger partial charge in [-0.2, -0.15) is 0 Å². The van der Waals surface area contributed by atoms with Crippen molar-refractivity contribution in [3.8, 4) is 0 Å². The van der Waals surface area contributed by atoms with Crippen LogP contribution in [-0.2, 0) is 14.8 Å². The van der Waals surface area contributed by atoms with Crippen LogP contribution in [0.5, 0.6) is 0 Å². The Labute approximate surface area is 134 Å². The lowest BCUT2D eigenvalue weighted by molar-refractivity contribution is 0.0590. The second kappa shape index (κ2) is 7.87. The van der Waals surface area contributed by atoms with Crippen LogP contribution in [-0.4, -0.2) is 40.6 Å². The van der Waals surface area contributed by atoms with Crippen molar-refractivity contribution in [2.24, 2.45) is 0 Å². The number of benzene rings is 1. The summed E-state index contributed by atoms with van der Waals surface area (Å²) in [5, 5.41) is 3.15. The quantitative estimate of drug-likeness (QED) is 0.774. The minimum absolute atomic E-state index is 0. The van der Waals surface area contributed by atoms with Gasteiger partial charge in [0.1, 0.15) is 11.4 Å².